The van der Waals surface area contributed by atoms with Crippen LogP contribution in [0.3, 0.4) is 0 Å². The molecule has 9 heteroatoms. The third-order valence-electron chi connectivity index (χ3n) is 4.35. The van der Waals surface area contributed by atoms with Crippen LogP contribution in [-0.4, -0.2) is 43.9 Å². The Morgan fingerprint density at radius 3 is 2.62 bits per heavy atom. The third kappa shape index (κ3) is 4.50. The number of nitrogens with zero attached hydrogens (tertiary/aromatic N) is 3. The predicted octanol–water partition coefficient (Wildman–Crippen LogP) is 3.40. The van der Waals surface area contributed by atoms with Gasteiger partial charge in [0.2, 0.25) is 0 Å². The molecule has 3 rings (SSSR count). The van der Waals surface area contributed by atoms with Gasteiger partial charge in [-0.05, 0) is 28.1 Å². The number of carbonyl (C=O) groups excluding carboxylic acids is 1. The molecular weight excluding hydrogens is 458 g/mol. The number of fused-ring (bicyclic) bond motifs is 1. The first-order valence-electron chi connectivity index (χ1n) is 8.60. The van der Waals surface area contributed by atoms with Crippen LogP contribution in [-0.2, 0) is 9.59 Å². The van der Waals surface area contributed by atoms with Gasteiger partial charge in [0.25, 0.3) is 0 Å². The molecule has 3 aromatic rings. The van der Waals surface area contributed by atoms with Gasteiger partial charge in [-0.3, -0.25) is 14.2 Å². The van der Waals surface area contributed by atoms with Gasteiger partial charge >= 0.3 is 5.97 Å². The molecule has 0 amide bonds. The summed E-state index contributed by atoms with van der Waals surface area (Å²) in [6.45, 7) is -0.580. The van der Waals surface area contributed by atoms with E-state index in [1.54, 1.807) is 12.3 Å². The first-order valence-corrected chi connectivity index (χ1v) is 10.4. The number of halogens is 1. The minimum atomic E-state index is -1.20. The summed E-state index contributed by atoms with van der Waals surface area (Å²) < 4.78 is 2.52. The van der Waals surface area contributed by atoms with Crippen LogP contribution >= 0.6 is 27.7 Å². The van der Waals surface area contributed by atoms with Crippen molar-refractivity contribution in [2.24, 2.45) is 5.92 Å². The first kappa shape index (κ1) is 21.0. The molecule has 1 atom stereocenters. The number of aromatic nitrogens is 2. The molecule has 0 radical (unpaired) electrons. The Labute approximate surface area is 179 Å². The van der Waals surface area contributed by atoms with Gasteiger partial charge in [0.1, 0.15) is 10.4 Å². The summed E-state index contributed by atoms with van der Waals surface area (Å²) in [6.07, 6.45) is 1.38. The van der Waals surface area contributed by atoms with Gasteiger partial charge in [-0.1, -0.05) is 36.0 Å². The molecule has 0 spiro atoms. The van der Waals surface area contributed by atoms with Gasteiger partial charge in [0.15, 0.2) is 5.16 Å². The largest absolute Gasteiger partial charge is 0.481 e. The maximum absolute atomic E-state index is 12.2. The lowest BCUT2D eigenvalue weighted by molar-refractivity contribution is -0.144. The average Bonchev–Trinajstić information content (AvgIpc) is 3.09. The highest BCUT2D eigenvalue weighted by molar-refractivity contribution is 9.10. The second-order valence-electron chi connectivity index (χ2n) is 6.24. The topological polar surface area (TPSA) is 116 Å². The smallest absolute Gasteiger partial charge is 0.309 e. The Hall–Kier alpha value is -2.67. The number of aliphatic carboxylic acids is 1. The number of carboxylic acids is 1. The maximum atomic E-state index is 12.2. The number of rotatable bonds is 8. The van der Waals surface area contributed by atoms with Crippen molar-refractivity contribution in [3.05, 3.63) is 52.8 Å². The molecule has 1 heterocycles. The van der Waals surface area contributed by atoms with Crippen molar-refractivity contribution in [3.8, 4) is 11.8 Å². The van der Waals surface area contributed by atoms with Crippen LogP contribution in [0.15, 0.2) is 52.4 Å². The van der Waals surface area contributed by atoms with Crippen molar-refractivity contribution >= 4 is 50.2 Å². The number of Topliss-reactive ketones (excluding diaryl/α,β-unsaturated/α-hetero) is 1. The van der Waals surface area contributed by atoms with E-state index in [9.17, 15) is 14.9 Å². The van der Waals surface area contributed by atoms with Crippen molar-refractivity contribution in [1.29, 1.82) is 5.26 Å². The number of aliphatic hydroxyl groups excluding tert-OH is 1. The second kappa shape index (κ2) is 9.22. The van der Waals surface area contributed by atoms with Crippen molar-refractivity contribution in [3.63, 3.8) is 0 Å². The van der Waals surface area contributed by atoms with Crippen LogP contribution in [0.5, 0.6) is 0 Å². The van der Waals surface area contributed by atoms with Gasteiger partial charge in [0, 0.05) is 17.2 Å². The van der Waals surface area contributed by atoms with Crippen LogP contribution in [0.25, 0.3) is 16.5 Å². The summed E-state index contributed by atoms with van der Waals surface area (Å²) in [6, 6.07) is 13.3. The molecule has 1 aromatic heterocycles. The fourth-order valence-electron chi connectivity index (χ4n) is 2.92. The number of hydrogen-bond acceptors (Lipinski definition) is 6. The summed E-state index contributed by atoms with van der Waals surface area (Å²) in [5.41, 5.74) is 1.37. The summed E-state index contributed by atoms with van der Waals surface area (Å²) in [7, 11) is 0. The fourth-order valence-corrected chi connectivity index (χ4v) is 4.36. The quantitative estimate of drug-likeness (QED) is 0.481. The van der Waals surface area contributed by atoms with Crippen molar-refractivity contribution in [2.45, 2.75) is 11.6 Å². The van der Waals surface area contributed by atoms with E-state index in [4.69, 9.17) is 10.2 Å². The summed E-state index contributed by atoms with van der Waals surface area (Å²) in [4.78, 5) is 27.5. The van der Waals surface area contributed by atoms with E-state index in [-0.39, 0.29) is 18.0 Å². The molecule has 0 aliphatic rings. The average molecular weight is 474 g/mol. The van der Waals surface area contributed by atoms with E-state index in [0.29, 0.717) is 15.3 Å². The number of hydrogen-bond donors (Lipinski definition) is 2. The van der Waals surface area contributed by atoms with Crippen molar-refractivity contribution < 1.29 is 19.8 Å². The lowest BCUT2D eigenvalue weighted by atomic mass is 10.0. The summed E-state index contributed by atoms with van der Waals surface area (Å²) in [5.74, 6) is -2.55. The SMILES string of the molecule is N#Cc1ccc(-n2c(Br)cnc2SCC(=O)CC(CO)C(=O)O)c2ccccc12. The molecular formula is C20H16BrN3O4S. The van der Waals surface area contributed by atoms with Crippen LogP contribution in [0.2, 0.25) is 0 Å². The van der Waals surface area contributed by atoms with Crippen molar-refractivity contribution in [1.82, 2.24) is 9.55 Å². The second-order valence-corrected chi connectivity index (χ2v) is 7.99. The molecule has 2 N–H and O–H groups in total. The van der Waals surface area contributed by atoms with Crippen LogP contribution in [0, 0.1) is 17.2 Å². The number of carbonyl (C=O) groups is 2. The van der Waals surface area contributed by atoms with Gasteiger partial charge in [0.05, 0.1) is 41.8 Å². The molecule has 7 nitrogen and oxygen atoms in total. The molecule has 0 bridgehead atoms. The minimum absolute atomic E-state index is 0.0292. The van der Waals surface area contributed by atoms with Gasteiger partial charge in [-0.2, -0.15) is 5.26 Å². The number of thioether (sulfide) groups is 1. The Morgan fingerprint density at radius 1 is 1.24 bits per heavy atom. The number of nitriles is 1. The van der Waals surface area contributed by atoms with Crippen LogP contribution in [0.1, 0.15) is 12.0 Å². The maximum Gasteiger partial charge on any atom is 0.309 e. The summed E-state index contributed by atoms with van der Waals surface area (Å²) >= 11 is 4.67. The highest BCUT2D eigenvalue weighted by atomic mass is 79.9. The molecule has 0 saturated carbocycles. The Morgan fingerprint density at radius 2 is 1.97 bits per heavy atom. The Kier molecular flexibility index (Phi) is 6.69. The normalized spacial score (nSPS) is 11.9. The van der Waals surface area contributed by atoms with E-state index >= 15 is 0 Å². The lowest BCUT2D eigenvalue weighted by Crippen LogP contribution is -2.22. The van der Waals surface area contributed by atoms with Crippen molar-refractivity contribution in [2.75, 3.05) is 12.4 Å². The van der Waals surface area contributed by atoms with Crippen LogP contribution in [0.4, 0.5) is 0 Å². The molecule has 0 fully saturated rings. The zero-order valence-corrected chi connectivity index (χ0v) is 17.5. The number of ketones is 1. The van der Waals surface area contributed by atoms with Gasteiger partial charge in [-0.15, -0.1) is 0 Å². The molecule has 1 unspecified atom stereocenters. The molecule has 2 aromatic carbocycles. The number of benzene rings is 2. The third-order valence-corrected chi connectivity index (χ3v) is 5.93. The van der Waals surface area contributed by atoms with E-state index in [1.165, 1.54) is 11.8 Å². The van der Waals surface area contributed by atoms with Crippen LogP contribution < -0.4 is 0 Å². The Bertz CT molecular complexity index is 1120. The molecule has 29 heavy (non-hydrogen) atoms. The van der Waals surface area contributed by atoms with E-state index in [0.717, 1.165) is 16.5 Å². The molecule has 0 aliphatic heterocycles. The van der Waals surface area contributed by atoms with E-state index in [2.05, 4.69) is 27.0 Å². The van der Waals surface area contributed by atoms with E-state index < -0.39 is 18.5 Å². The number of carboxylic acid groups (broad SMARTS) is 1. The molecule has 0 saturated heterocycles. The van der Waals surface area contributed by atoms with E-state index in [1.807, 2.05) is 34.9 Å². The zero-order chi connectivity index (χ0) is 21.0. The van der Waals surface area contributed by atoms with Gasteiger partial charge < -0.3 is 10.2 Å². The number of aliphatic hydroxyl groups is 1. The minimum Gasteiger partial charge on any atom is -0.481 e. The highest BCUT2D eigenvalue weighted by Gasteiger charge is 2.21. The molecule has 148 valence electrons. The standard InChI is InChI=1S/C20H16BrN3O4S/c21-18-9-23-20(29-11-14(26)7-13(10-25)19(27)28)24(18)17-6-5-12(8-22)15-3-1-2-4-16(15)17/h1-6,9,13,25H,7,10-11H2,(H,27,28). The fraction of sp³-hybridized carbons (Fsp3) is 0.200. The zero-order valence-electron chi connectivity index (χ0n) is 15.1. The monoisotopic (exact) mass is 473 g/mol. The highest BCUT2D eigenvalue weighted by Crippen LogP contribution is 2.32. The summed E-state index contributed by atoms with van der Waals surface area (Å²) in [5, 5.41) is 29.7. The lowest BCUT2D eigenvalue weighted by Gasteiger charge is -2.13. The predicted molar refractivity (Wildman–Crippen MR) is 112 cm³/mol. The van der Waals surface area contributed by atoms with Gasteiger partial charge in [-0.25, -0.2) is 4.98 Å². The molecule has 0 aliphatic carbocycles. The Balaban J connectivity index is 1.90. The first-order chi connectivity index (χ1) is 14.0. The number of imidazole rings is 1.